The minimum atomic E-state index is -0.742. The van der Waals surface area contributed by atoms with Crippen molar-refractivity contribution in [2.45, 2.75) is 25.3 Å². The third kappa shape index (κ3) is 2.72. The normalized spacial score (nSPS) is 27.0. The molecule has 0 spiro atoms. The highest BCUT2D eigenvalue weighted by Crippen LogP contribution is 2.31. The van der Waals surface area contributed by atoms with Crippen LogP contribution in [-0.4, -0.2) is 42.3 Å². The van der Waals surface area contributed by atoms with E-state index < -0.39 is 12.0 Å². The Morgan fingerprint density at radius 1 is 1.40 bits per heavy atom. The first-order valence-electron chi connectivity index (χ1n) is 7.38. The van der Waals surface area contributed by atoms with Crippen molar-refractivity contribution in [1.29, 1.82) is 0 Å². The van der Waals surface area contributed by atoms with Crippen molar-refractivity contribution < 1.29 is 14.6 Å². The number of carboxylic acid groups (broad SMARTS) is 1. The van der Waals surface area contributed by atoms with Gasteiger partial charge in [-0.25, -0.2) is 0 Å². The number of benzene rings is 1. The Labute approximate surface area is 119 Å². The summed E-state index contributed by atoms with van der Waals surface area (Å²) in [5, 5.41) is 9.61. The largest absolute Gasteiger partial charge is 0.480 e. The van der Waals surface area contributed by atoms with Crippen LogP contribution in [-0.2, 0) is 16.0 Å². The van der Waals surface area contributed by atoms with Gasteiger partial charge in [-0.15, -0.1) is 0 Å². The molecule has 108 valence electrons. The summed E-state index contributed by atoms with van der Waals surface area (Å²) in [6.45, 7) is 3.27. The first kappa shape index (κ1) is 13.6. The summed E-state index contributed by atoms with van der Waals surface area (Å²) in [5.74, 6) is -0.273. The summed E-state index contributed by atoms with van der Waals surface area (Å²) >= 11 is 0. The average molecular weight is 275 g/mol. The average Bonchev–Trinajstić information content (AvgIpc) is 2.47. The van der Waals surface area contributed by atoms with Gasteiger partial charge in [0.2, 0.25) is 0 Å². The van der Waals surface area contributed by atoms with Crippen LogP contribution >= 0.6 is 0 Å². The summed E-state index contributed by atoms with van der Waals surface area (Å²) in [7, 11) is 0. The number of nitrogens with zero attached hydrogens (tertiary/aromatic N) is 1. The van der Waals surface area contributed by atoms with E-state index in [0.717, 1.165) is 51.1 Å². The molecule has 1 aromatic carbocycles. The quantitative estimate of drug-likeness (QED) is 0.917. The predicted octanol–water partition coefficient (Wildman–Crippen LogP) is 2.10. The number of hydrogen-bond donors (Lipinski definition) is 1. The molecule has 0 saturated carbocycles. The van der Waals surface area contributed by atoms with Crippen LogP contribution in [0.3, 0.4) is 0 Å². The molecule has 2 heterocycles. The van der Waals surface area contributed by atoms with Crippen molar-refractivity contribution in [3.63, 3.8) is 0 Å². The molecule has 2 aliphatic rings. The van der Waals surface area contributed by atoms with E-state index in [9.17, 15) is 9.90 Å². The van der Waals surface area contributed by atoms with Gasteiger partial charge in [-0.05, 0) is 36.3 Å². The number of carboxylic acids is 1. The Kier molecular flexibility index (Phi) is 4.03. The van der Waals surface area contributed by atoms with Crippen LogP contribution in [0.1, 0.15) is 30.0 Å². The molecule has 4 heteroatoms. The van der Waals surface area contributed by atoms with Crippen molar-refractivity contribution in [3.8, 4) is 0 Å². The molecule has 0 aromatic heterocycles. The van der Waals surface area contributed by atoms with Gasteiger partial charge in [0.15, 0.2) is 0 Å². The molecule has 2 aliphatic heterocycles. The Morgan fingerprint density at radius 3 is 3.00 bits per heavy atom. The molecule has 0 bridgehead atoms. The van der Waals surface area contributed by atoms with Gasteiger partial charge in [0, 0.05) is 19.7 Å². The summed E-state index contributed by atoms with van der Waals surface area (Å²) < 4.78 is 5.51. The van der Waals surface area contributed by atoms with Gasteiger partial charge in [0.1, 0.15) is 6.04 Å². The van der Waals surface area contributed by atoms with Gasteiger partial charge in [-0.1, -0.05) is 24.3 Å². The molecule has 0 radical (unpaired) electrons. The minimum Gasteiger partial charge on any atom is -0.480 e. The molecule has 1 fully saturated rings. The lowest BCUT2D eigenvalue weighted by molar-refractivity contribution is -0.144. The van der Waals surface area contributed by atoms with Crippen LogP contribution in [0, 0.1) is 5.92 Å². The number of ether oxygens (including phenoxy) is 1. The van der Waals surface area contributed by atoms with Crippen molar-refractivity contribution in [2.24, 2.45) is 5.92 Å². The molecular weight excluding hydrogens is 254 g/mol. The Hall–Kier alpha value is -1.39. The highest BCUT2D eigenvalue weighted by molar-refractivity contribution is 5.76. The standard InChI is InChI=1S/C16H21NO3/c18-16(19)15-14-6-2-1-5-13(14)7-8-17(15)10-12-4-3-9-20-11-12/h1-2,5-6,12,15H,3-4,7-11H2,(H,18,19). The summed E-state index contributed by atoms with van der Waals surface area (Å²) in [4.78, 5) is 13.8. The molecule has 0 amide bonds. The van der Waals surface area contributed by atoms with Crippen LogP contribution in [0.25, 0.3) is 0 Å². The lowest BCUT2D eigenvalue weighted by Gasteiger charge is -2.37. The van der Waals surface area contributed by atoms with Crippen molar-refractivity contribution in [3.05, 3.63) is 35.4 Å². The number of aliphatic carboxylic acids is 1. The van der Waals surface area contributed by atoms with E-state index in [1.165, 1.54) is 5.56 Å². The fourth-order valence-electron chi connectivity index (χ4n) is 3.39. The molecule has 1 aromatic rings. The summed E-state index contributed by atoms with van der Waals surface area (Å²) in [5.41, 5.74) is 2.14. The van der Waals surface area contributed by atoms with Gasteiger partial charge in [-0.2, -0.15) is 0 Å². The molecule has 20 heavy (non-hydrogen) atoms. The number of carbonyl (C=O) groups is 1. The first-order valence-corrected chi connectivity index (χ1v) is 7.38. The SMILES string of the molecule is O=C(O)C1c2ccccc2CCN1CC1CCCOC1. The topological polar surface area (TPSA) is 49.8 Å². The molecule has 1 saturated heterocycles. The van der Waals surface area contributed by atoms with Crippen molar-refractivity contribution in [2.75, 3.05) is 26.3 Å². The molecule has 3 rings (SSSR count). The molecular formula is C16H21NO3. The van der Waals surface area contributed by atoms with E-state index in [1.54, 1.807) is 0 Å². The van der Waals surface area contributed by atoms with E-state index in [4.69, 9.17) is 4.74 Å². The second kappa shape index (κ2) is 5.94. The van der Waals surface area contributed by atoms with E-state index in [1.807, 2.05) is 24.3 Å². The zero-order valence-corrected chi connectivity index (χ0v) is 11.6. The van der Waals surface area contributed by atoms with E-state index in [-0.39, 0.29) is 0 Å². The molecule has 0 aliphatic carbocycles. The first-order chi connectivity index (χ1) is 9.75. The number of rotatable bonds is 3. The minimum absolute atomic E-state index is 0.468. The van der Waals surface area contributed by atoms with Gasteiger partial charge in [0.25, 0.3) is 0 Å². The fourth-order valence-corrected chi connectivity index (χ4v) is 3.39. The molecule has 2 unspecified atom stereocenters. The Morgan fingerprint density at radius 2 is 2.25 bits per heavy atom. The maximum absolute atomic E-state index is 11.7. The number of hydrogen-bond acceptors (Lipinski definition) is 3. The van der Waals surface area contributed by atoms with E-state index in [0.29, 0.717) is 5.92 Å². The molecule has 1 N–H and O–H groups in total. The van der Waals surface area contributed by atoms with Crippen LogP contribution < -0.4 is 0 Å². The second-order valence-electron chi connectivity index (χ2n) is 5.77. The Balaban J connectivity index is 1.79. The zero-order valence-electron chi connectivity index (χ0n) is 11.6. The van der Waals surface area contributed by atoms with Gasteiger partial charge < -0.3 is 9.84 Å². The monoisotopic (exact) mass is 275 g/mol. The van der Waals surface area contributed by atoms with Gasteiger partial charge in [0.05, 0.1) is 6.61 Å². The molecule has 4 nitrogen and oxygen atoms in total. The number of fused-ring (bicyclic) bond motifs is 1. The highest BCUT2D eigenvalue weighted by atomic mass is 16.5. The van der Waals surface area contributed by atoms with Crippen molar-refractivity contribution >= 4 is 5.97 Å². The van der Waals surface area contributed by atoms with E-state index in [2.05, 4.69) is 4.90 Å². The third-order valence-corrected chi connectivity index (χ3v) is 4.36. The maximum Gasteiger partial charge on any atom is 0.325 e. The zero-order chi connectivity index (χ0) is 13.9. The summed E-state index contributed by atoms with van der Waals surface area (Å²) in [6, 6.07) is 7.43. The lowest BCUT2D eigenvalue weighted by atomic mass is 9.91. The smallest absolute Gasteiger partial charge is 0.325 e. The summed E-state index contributed by atoms with van der Waals surface area (Å²) in [6.07, 6.45) is 3.17. The predicted molar refractivity (Wildman–Crippen MR) is 75.6 cm³/mol. The van der Waals surface area contributed by atoms with Crippen LogP contribution in [0.5, 0.6) is 0 Å². The van der Waals surface area contributed by atoms with Crippen LogP contribution in [0.15, 0.2) is 24.3 Å². The van der Waals surface area contributed by atoms with Gasteiger partial charge >= 0.3 is 5.97 Å². The van der Waals surface area contributed by atoms with Gasteiger partial charge in [-0.3, -0.25) is 9.69 Å². The second-order valence-corrected chi connectivity index (χ2v) is 5.77. The Bertz CT molecular complexity index is 482. The third-order valence-electron chi connectivity index (χ3n) is 4.36. The fraction of sp³-hybridized carbons (Fsp3) is 0.562. The lowest BCUT2D eigenvalue weighted by Crippen LogP contribution is -2.43. The highest BCUT2D eigenvalue weighted by Gasteiger charge is 2.34. The van der Waals surface area contributed by atoms with Crippen LogP contribution in [0.4, 0.5) is 0 Å². The van der Waals surface area contributed by atoms with E-state index >= 15 is 0 Å². The maximum atomic E-state index is 11.7. The van der Waals surface area contributed by atoms with Crippen molar-refractivity contribution in [1.82, 2.24) is 4.90 Å². The van der Waals surface area contributed by atoms with Crippen LogP contribution in [0.2, 0.25) is 0 Å². The molecule has 2 atom stereocenters.